The van der Waals surface area contributed by atoms with Crippen molar-refractivity contribution < 1.29 is 22.3 Å². The number of nitrogens with one attached hydrogen (secondary N) is 2. The Morgan fingerprint density at radius 1 is 1.19 bits per heavy atom. The van der Waals surface area contributed by atoms with Crippen LogP contribution in [-0.2, 0) is 26.1 Å². The summed E-state index contributed by atoms with van der Waals surface area (Å²) >= 11 is 0. The summed E-state index contributed by atoms with van der Waals surface area (Å²) in [7, 11) is -3.11. The van der Waals surface area contributed by atoms with E-state index in [0.29, 0.717) is 50.9 Å². The molecule has 10 heteroatoms. The zero-order chi connectivity index (χ0) is 23.8. The van der Waals surface area contributed by atoms with Crippen LogP contribution in [0.1, 0.15) is 39.2 Å². The zero-order valence-electron chi connectivity index (χ0n) is 19.6. The number of piperazine rings is 1. The molecule has 182 valence electrons. The number of sulfonamides is 1. The lowest BCUT2D eigenvalue weighted by atomic mass is 10.1. The topological polar surface area (TPSA) is 91.0 Å². The molecule has 2 fully saturated rings. The van der Waals surface area contributed by atoms with Crippen molar-refractivity contribution in [2.45, 2.75) is 51.8 Å². The number of hydrogen-bond donors (Lipinski definition) is 2. The molecule has 0 atom stereocenters. The molecule has 0 spiro atoms. The average molecular weight is 473 g/mol. The van der Waals surface area contributed by atoms with Gasteiger partial charge in [-0.3, -0.25) is 9.69 Å². The molecule has 0 aromatic heterocycles. The van der Waals surface area contributed by atoms with Crippen LogP contribution in [0.5, 0.6) is 0 Å². The van der Waals surface area contributed by atoms with E-state index < -0.39 is 10.0 Å². The van der Waals surface area contributed by atoms with E-state index in [-0.39, 0.29) is 11.4 Å². The third-order valence-electron chi connectivity index (χ3n) is 5.34. The molecular weight excluding hydrogens is 435 g/mol. The van der Waals surface area contributed by atoms with Crippen molar-refractivity contribution in [3.8, 4) is 0 Å². The first-order chi connectivity index (χ1) is 15.0. The number of anilines is 1. The lowest BCUT2D eigenvalue weighted by Crippen LogP contribution is -2.47. The molecule has 2 N–H and O–H groups in total. The first-order valence-electron chi connectivity index (χ1n) is 11.0. The van der Waals surface area contributed by atoms with Gasteiger partial charge in [-0.05, 0) is 64.4 Å². The summed E-state index contributed by atoms with van der Waals surface area (Å²) in [5.41, 5.74) is 1.17. The van der Waals surface area contributed by atoms with E-state index >= 15 is 0 Å². The highest BCUT2D eigenvalue weighted by Gasteiger charge is 2.23. The summed E-state index contributed by atoms with van der Waals surface area (Å²) in [5, 5.41) is 6.60. The van der Waals surface area contributed by atoms with E-state index in [0.717, 1.165) is 31.5 Å². The second-order valence-electron chi connectivity index (χ2n) is 9.25. The third kappa shape index (κ3) is 9.40. The summed E-state index contributed by atoms with van der Waals surface area (Å²) in [4.78, 5) is 11.8. The number of halogens is 1. The van der Waals surface area contributed by atoms with Gasteiger partial charge in [0.25, 0.3) is 6.47 Å². The zero-order valence-corrected chi connectivity index (χ0v) is 20.4. The fraction of sp³-hybridized carbons (Fsp3) is 0.682. The number of hydrogen-bond acceptors (Lipinski definition) is 7. The maximum atomic E-state index is 14.4. The van der Waals surface area contributed by atoms with E-state index in [2.05, 4.69) is 20.3 Å². The second kappa shape index (κ2) is 11.9. The van der Waals surface area contributed by atoms with Gasteiger partial charge in [0.05, 0.1) is 11.9 Å². The Labute approximate surface area is 191 Å². The van der Waals surface area contributed by atoms with Crippen LogP contribution in [-0.4, -0.2) is 81.3 Å². The van der Waals surface area contributed by atoms with Crippen molar-refractivity contribution in [2.75, 3.05) is 50.8 Å². The van der Waals surface area contributed by atoms with Gasteiger partial charge in [-0.15, -0.1) is 0 Å². The Balaban J connectivity index is 0.000000451. The van der Waals surface area contributed by atoms with Crippen LogP contribution in [0.15, 0.2) is 18.2 Å². The van der Waals surface area contributed by atoms with E-state index in [1.54, 1.807) is 6.07 Å². The van der Waals surface area contributed by atoms with Crippen LogP contribution in [0.2, 0.25) is 0 Å². The maximum absolute atomic E-state index is 14.4. The van der Waals surface area contributed by atoms with Crippen molar-refractivity contribution in [1.82, 2.24) is 14.5 Å². The van der Waals surface area contributed by atoms with E-state index in [9.17, 15) is 17.6 Å². The fourth-order valence-electron chi connectivity index (χ4n) is 3.58. The summed E-state index contributed by atoms with van der Waals surface area (Å²) in [6, 6.07) is 5.69. The SMILES string of the molecule is CC(C)(C)OC=O.CS(=O)(=O)N1CCN(Cc2ccc(NC3CCNCC3)c(F)c2)CC1. The van der Waals surface area contributed by atoms with Gasteiger partial charge in [-0.1, -0.05) is 6.07 Å². The largest absolute Gasteiger partial charge is 0.462 e. The molecule has 0 bridgehead atoms. The van der Waals surface area contributed by atoms with E-state index in [4.69, 9.17) is 0 Å². The molecule has 2 aliphatic heterocycles. The Kier molecular flexibility index (Phi) is 9.87. The van der Waals surface area contributed by atoms with Crippen molar-refractivity contribution in [3.05, 3.63) is 29.6 Å². The van der Waals surface area contributed by atoms with Gasteiger partial charge in [0.1, 0.15) is 11.4 Å². The molecule has 32 heavy (non-hydrogen) atoms. The number of piperidine rings is 1. The van der Waals surface area contributed by atoms with Gasteiger partial charge >= 0.3 is 0 Å². The van der Waals surface area contributed by atoms with Crippen molar-refractivity contribution in [3.63, 3.8) is 0 Å². The maximum Gasteiger partial charge on any atom is 0.293 e. The third-order valence-corrected chi connectivity index (χ3v) is 6.64. The molecule has 2 saturated heterocycles. The smallest absolute Gasteiger partial charge is 0.293 e. The number of ether oxygens (including phenoxy) is 1. The highest BCUT2D eigenvalue weighted by molar-refractivity contribution is 7.88. The summed E-state index contributed by atoms with van der Waals surface area (Å²) < 4.78 is 43.5. The number of benzene rings is 1. The number of nitrogens with zero attached hydrogens (tertiary/aromatic N) is 2. The lowest BCUT2D eigenvalue weighted by Gasteiger charge is -2.33. The van der Waals surface area contributed by atoms with Crippen LogP contribution in [0.25, 0.3) is 0 Å². The first kappa shape index (κ1) is 26.5. The summed E-state index contributed by atoms with van der Waals surface area (Å²) in [5.74, 6) is -0.217. The molecule has 0 aliphatic carbocycles. The van der Waals surface area contributed by atoms with E-state index in [1.807, 2.05) is 32.9 Å². The summed E-state index contributed by atoms with van der Waals surface area (Å²) in [6.45, 7) is 10.8. The molecule has 0 unspecified atom stereocenters. The van der Waals surface area contributed by atoms with Gasteiger partial charge in [0, 0.05) is 38.8 Å². The van der Waals surface area contributed by atoms with Crippen LogP contribution in [0, 0.1) is 5.82 Å². The minimum absolute atomic E-state index is 0.217. The van der Waals surface area contributed by atoms with Gasteiger partial charge in [0.15, 0.2) is 0 Å². The Bertz CT molecular complexity index is 831. The van der Waals surface area contributed by atoms with Crippen LogP contribution < -0.4 is 10.6 Å². The predicted molar refractivity (Wildman–Crippen MR) is 125 cm³/mol. The van der Waals surface area contributed by atoms with E-state index in [1.165, 1.54) is 10.6 Å². The molecule has 2 heterocycles. The highest BCUT2D eigenvalue weighted by Crippen LogP contribution is 2.20. The van der Waals surface area contributed by atoms with Crippen molar-refractivity contribution in [1.29, 1.82) is 0 Å². The summed E-state index contributed by atoms with van der Waals surface area (Å²) in [6.07, 6.45) is 3.25. The number of rotatable bonds is 6. The number of carbonyl (C=O) groups is 1. The fourth-order valence-corrected chi connectivity index (χ4v) is 4.41. The average Bonchev–Trinajstić information content (AvgIpc) is 2.70. The minimum Gasteiger partial charge on any atom is -0.462 e. The molecule has 1 aromatic carbocycles. The molecule has 3 rings (SSSR count). The molecule has 0 saturated carbocycles. The molecule has 1 aromatic rings. The quantitative estimate of drug-likeness (QED) is 0.612. The number of carbonyl (C=O) groups excluding carboxylic acids is 1. The van der Waals surface area contributed by atoms with Crippen LogP contribution >= 0.6 is 0 Å². The van der Waals surface area contributed by atoms with Crippen molar-refractivity contribution in [2.24, 2.45) is 0 Å². The molecule has 8 nitrogen and oxygen atoms in total. The second-order valence-corrected chi connectivity index (χ2v) is 11.2. The van der Waals surface area contributed by atoms with Gasteiger partial charge in [-0.25, -0.2) is 12.8 Å². The molecule has 0 radical (unpaired) electrons. The minimum atomic E-state index is -3.11. The molecular formula is C22H37FN4O4S. The van der Waals surface area contributed by atoms with Gasteiger partial charge in [-0.2, -0.15) is 4.31 Å². The molecule has 0 amide bonds. The van der Waals surface area contributed by atoms with Gasteiger partial charge in [0.2, 0.25) is 10.0 Å². The molecule has 2 aliphatic rings. The van der Waals surface area contributed by atoms with Crippen molar-refractivity contribution >= 4 is 22.2 Å². The van der Waals surface area contributed by atoms with Crippen LogP contribution in [0.4, 0.5) is 10.1 Å². The Morgan fingerprint density at radius 2 is 1.81 bits per heavy atom. The first-order valence-corrected chi connectivity index (χ1v) is 12.9. The normalized spacial score (nSPS) is 19.0. The Morgan fingerprint density at radius 3 is 2.28 bits per heavy atom. The van der Waals surface area contributed by atoms with Gasteiger partial charge < -0.3 is 15.4 Å². The standard InChI is InChI=1S/C17H27FN4O2S.C5H10O2/c1-25(23,24)22-10-8-21(9-11-22)13-14-2-3-17(16(18)12-14)20-15-4-6-19-7-5-15;1-5(2,3)7-4-6/h2-3,12,15,19-20H,4-11,13H2,1H3;4H,1-3H3. The monoisotopic (exact) mass is 472 g/mol. The van der Waals surface area contributed by atoms with Crippen LogP contribution in [0.3, 0.4) is 0 Å². The predicted octanol–water partition coefficient (Wildman–Crippen LogP) is 2.02. The Hall–Kier alpha value is -1.75. The lowest BCUT2D eigenvalue weighted by molar-refractivity contribution is -0.138. The highest BCUT2D eigenvalue weighted by atomic mass is 32.2.